The van der Waals surface area contributed by atoms with E-state index in [4.69, 9.17) is 14.3 Å². The zero-order chi connectivity index (χ0) is 12.9. The van der Waals surface area contributed by atoms with Gasteiger partial charge in [0.2, 0.25) is 0 Å². The van der Waals surface area contributed by atoms with Gasteiger partial charge in [0.05, 0.1) is 6.10 Å². The number of hydrogen-bond donors (Lipinski definition) is 2. The molecule has 0 fully saturated rings. The zero-order valence-electron chi connectivity index (χ0n) is 11.4. The van der Waals surface area contributed by atoms with Crippen molar-refractivity contribution in [2.24, 2.45) is 0 Å². The SMILES string of the molecule is CCCCCCCCC(CCCC)OP(O)O. The zero-order valence-corrected chi connectivity index (χ0v) is 12.3. The van der Waals surface area contributed by atoms with Crippen molar-refractivity contribution in [2.75, 3.05) is 0 Å². The average Bonchev–Trinajstić information content (AvgIpc) is 2.29. The van der Waals surface area contributed by atoms with E-state index in [0.29, 0.717) is 0 Å². The maximum Gasteiger partial charge on any atom is 0.327 e. The summed E-state index contributed by atoms with van der Waals surface area (Å²) >= 11 is 0. The van der Waals surface area contributed by atoms with Gasteiger partial charge in [0.25, 0.3) is 0 Å². The summed E-state index contributed by atoms with van der Waals surface area (Å²) in [7, 11) is -2.19. The number of rotatable bonds is 12. The predicted octanol–water partition coefficient (Wildman–Crippen LogP) is 4.52. The molecule has 0 saturated heterocycles. The molecule has 1 unspecified atom stereocenters. The van der Waals surface area contributed by atoms with Crippen LogP contribution in [-0.2, 0) is 4.52 Å². The Balaban J connectivity index is 3.53. The first-order chi connectivity index (χ1) is 8.20. The molecule has 0 aromatic heterocycles. The third-order valence-corrected chi connectivity index (χ3v) is 3.49. The van der Waals surface area contributed by atoms with E-state index in [1.54, 1.807) is 0 Å². The van der Waals surface area contributed by atoms with Crippen LogP contribution in [0.3, 0.4) is 0 Å². The average molecular weight is 264 g/mol. The maximum absolute atomic E-state index is 8.89. The van der Waals surface area contributed by atoms with Crippen LogP contribution in [0.1, 0.15) is 78.1 Å². The minimum Gasteiger partial charge on any atom is -0.328 e. The molecule has 0 amide bonds. The highest BCUT2D eigenvalue weighted by atomic mass is 31.2. The van der Waals surface area contributed by atoms with Gasteiger partial charge in [-0.25, -0.2) is 0 Å². The van der Waals surface area contributed by atoms with Gasteiger partial charge in [-0.05, 0) is 12.8 Å². The largest absolute Gasteiger partial charge is 0.328 e. The van der Waals surface area contributed by atoms with Crippen molar-refractivity contribution in [2.45, 2.75) is 84.2 Å². The third kappa shape index (κ3) is 12.6. The van der Waals surface area contributed by atoms with Crippen molar-refractivity contribution in [1.29, 1.82) is 0 Å². The second-order valence-corrected chi connectivity index (χ2v) is 5.40. The fourth-order valence-corrected chi connectivity index (χ4v) is 2.44. The van der Waals surface area contributed by atoms with E-state index in [9.17, 15) is 0 Å². The van der Waals surface area contributed by atoms with Gasteiger partial charge in [-0.3, -0.25) is 0 Å². The van der Waals surface area contributed by atoms with Crippen LogP contribution >= 0.6 is 8.60 Å². The lowest BCUT2D eigenvalue weighted by Crippen LogP contribution is -2.10. The summed E-state index contributed by atoms with van der Waals surface area (Å²) in [5.41, 5.74) is 0. The smallest absolute Gasteiger partial charge is 0.327 e. The van der Waals surface area contributed by atoms with Gasteiger partial charge in [0, 0.05) is 0 Å². The van der Waals surface area contributed by atoms with Crippen LogP contribution in [0.2, 0.25) is 0 Å². The van der Waals surface area contributed by atoms with Crippen molar-refractivity contribution in [3.63, 3.8) is 0 Å². The summed E-state index contributed by atoms with van der Waals surface area (Å²) in [6, 6.07) is 0. The van der Waals surface area contributed by atoms with Crippen LogP contribution in [0.25, 0.3) is 0 Å². The van der Waals surface area contributed by atoms with Crippen LogP contribution < -0.4 is 0 Å². The molecule has 0 radical (unpaired) electrons. The highest BCUT2D eigenvalue weighted by Gasteiger charge is 2.13. The fourth-order valence-electron chi connectivity index (χ4n) is 1.97. The minimum absolute atomic E-state index is 0.0437. The quantitative estimate of drug-likeness (QED) is 0.402. The minimum atomic E-state index is -2.19. The van der Waals surface area contributed by atoms with Crippen molar-refractivity contribution in [3.8, 4) is 0 Å². The molecule has 0 bridgehead atoms. The van der Waals surface area contributed by atoms with E-state index in [1.807, 2.05) is 0 Å². The molecule has 0 aromatic rings. The summed E-state index contributed by atoms with van der Waals surface area (Å²) in [5, 5.41) is 0. The van der Waals surface area contributed by atoms with Crippen molar-refractivity contribution in [1.82, 2.24) is 0 Å². The van der Waals surface area contributed by atoms with Crippen LogP contribution in [0.4, 0.5) is 0 Å². The van der Waals surface area contributed by atoms with Crippen LogP contribution in [0.5, 0.6) is 0 Å². The van der Waals surface area contributed by atoms with Crippen LogP contribution in [0, 0.1) is 0 Å². The molecule has 2 N–H and O–H groups in total. The molecule has 0 aliphatic carbocycles. The van der Waals surface area contributed by atoms with Gasteiger partial charge in [-0.1, -0.05) is 65.2 Å². The summed E-state index contributed by atoms with van der Waals surface area (Å²) in [4.78, 5) is 17.8. The first kappa shape index (κ1) is 17.3. The molecule has 0 aliphatic rings. The van der Waals surface area contributed by atoms with Gasteiger partial charge in [-0.15, -0.1) is 0 Å². The lowest BCUT2D eigenvalue weighted by atomic mass is 10.0. The Kier molecular flexibility index (Phi) is 13.0. The Morgan fingerprint density at radius 2 is 1.35 bits per heavy atom. The lowest BCUT2D eigenvalue weighted by molar-refractivity contribution is 0.148. The van der Waals surface area contributed by atoms with E-state index >= 15 is 0 Å². The summed E-state index contributed by atoms with van der Waals surface area (Å²) in [6.45, 7) is 4.36. The molecular formula is C13H29O3P. The molecule has 104 valence electrons. The summed E-state index contributed by atoms with van der Waals surface area (Å²) in [6.07, 6.45) is 11.8. The predicted molar refractivity (Wildman–Crippen MR) is 73.7 cm³/mol. The van der Waals surface area contributed by atoms with Gasteiger partial charge in [-0.2, -0.15) is 0 Å². The Morgan fingerprint density at radius 1 is 0.824 bits per heavy atom. The van der Waals surface area contributed by atoms with Crippen molar-refractivity contribution in [3.05, 3.63) is 0 Å². The molecule has 3 nitrogen and oxygen atoms in total. The summed E-state index contributed by atoms with van der Waals surface area (Å²) < 4.78 is 5.16. The molecule has 4 heteroatoms. The van der Waals surface area contributed by atoms with Gasteiger partial charge in [0.15, 0.2) is 0 Å². The Bertz CT molecular complexity index is 154. The number of unbranched alkanes of at least 4 members (excludes halogenated alkanes) is 6. The van der Waals surface area contributed by atoms with Crippen molar-refractivity contribution >= 4 is 8.60 Å². The van der Waals surface area contributed by atoms with E-state index < -0.39 is 8.60 Å². The van der Waals surface area contributed by atoms with E-state index in [-0.39, 0.29) is 6.10 Å². The molecule has 17 heavy (non-hydrogen) atoms. The van der Waals surface area contributed by atoms with E-state index in [0.717, 1.165) is 32.1 Å². The molecule has 0 aliphatic heterocycles. The first-order valence-corrected chi connectivity index (χ1v) is 8.21. The Labute approximate surface area is 108 Å². The molecule has 0 aromatic carbocycles. The molecule has 0 spiro atoms. The Morgan fingerprint density at radius 3 is 1.94 bits per heavy atom. The summed E-state index contributed by atoms with van der Waals surface area (Å²) in [5.74, 6) is 0. The molecular weight excluding hydrogens is 235 g/mol. The molecule has 1 atom stereocenters. The topological polar surface area (TPSA) is 49.7 Å². The highest BCUT2D eigenvalue weighted by molar-refractivity contribution is 7.39. The van der Waals surface area contributed by atoms with Crippen molar-refractivity contribution < 1.29 is 14.3 Å². The van der Waals surface area contributed by atoms with E-state index in [1.165, 1.54) is 32.1 Å². The van der Waals surface area contributed by atoms with Gasteiger partial charge in [0.1, 0.15) is 0 Å². The second kappa shape index (κ2) is 12.8. The number of hydrogen-bond acceptors (Lipinski definition) is 3. The third-order valence-electron chi connectivity index (χ3n) is 3.00. The molecule has 0 saturated carbocycles. The fraction of sp³-hybridized carbons (Fsp3) is 1.00. The van der Waals surface area contributed by atoms with E-state index in [2.05, 4.69) is 13.8 Å². The standard InChI is InChI=1S/C13H29O3P/c1-3-5-7-8-9-10-12-13(11-6-4-2)16-17(14)15/h13-15H,3-12H2,1-2H3. The van der Waals surface area contributed by atoms with Gasteiger partial charge < -0.3 is 14.3 Å². The van der Waals surface area contributed by atoms with Gasteiger partial charge >= 0.3 is 8.60 Å². The Hall–Kier alpha value is 0.310. The molecule has 0 rings (SSSR count). The highest BCUT2D eigenvalue weighted by Crippen LogP contribution is 2.30. The first-order valence-electron chi connectivity index (χ1n) is 7.05. The van der Waals surface area contributed by atoms with Crippen LogP contribution in [0.15, 0.2) is 0 Å². The van der Waals surface area contributed by atoms with Crippen LogP contribution in [-0.4, -0.2) is 15.9 Å². The maximum atomic E-state index is 8.89. The normalized spacial score (nSPS) is 13.2. The second-order valence-electron chi connectivity index (χ2n) is 4.68. The molecule has 0 heterocycles. The monoisotopic (exact) mass is 264 g/mol. The lowest BCUT2D eigenvalue weighted by Gasteiger charge is -2.17.